The summed E-state index contributed by atoms with van der Waals surface area (Å²) in [5, 5.41) is 10.5. The number of methoxy groups -OCH3 is 1. The van der Waals surface area contributed by atoms with Gasteiger partial charge in [0.05, 0.1) is 30.8 Å². The molecule has 1 saturated carbocycles. The standard InChI is InChI=1S/C17H28O4/c1-10(2)6-7-12-16(4,21-12)15-14(19-5)13(18)11(3)8-17(15)9-20-17/h6,11-15,18H,7-9H2,1-5H3/t11-,12-,13-,14-,15-,16?,17+/m1/s1. The third-order valence-electron chi connectivity index (χ3n) is 5.61. The number of hydrogen-bond donors (Lipinski definition) is 1. The minimum atomic E-state index is -0.444. The predicted octanol–water partition coefficient (Wildman–Crippen LogP) is 2.30. The maximum Gasteiger partial charge on any atom is 0.101 e. The fourth-order valence-electron chi connectivity index (χ4n) is 4.30. The Morgan fingerprint density at radius 3 is 2.62 bits per heavy atom. The van der Waals surface area contributed by atoms with Crippen molar-refractivity contribution < 1.29 is 19.3 Å². The lowest BCUT2D eigenvalue weighted by molar-refractivity contribution is -0.137. The molecule has 0 amide bonds. The van der Waals surface area contributed by atoms with Gasteiger partial charge < -0.3 is 19.3 Å². The summed E-state index contributed by atoms with van der Waals surface area (Å²) in [4.78, 5) is 0. The summed E-state index contributed by atoms with van der Waals surface area (Å²) in [7, 11) is 1.69. The van der Waals surface area contributed by atoms with E-state index in [-0.39, 0.29) is 35.2 Å². The van der Waals surface area contributed by atoms with Crippen molar-refractivity contribution in [2.24, 2.45) is 11.8 Å². The Balaban J connectivity index is 1.81. The maximum absolute atomic E-state index is 10.5. The zero-order valence-electron chi connectivity index (χ0n) is 13.8. The lowest BCUT2D eigenvalue weighted by atomic mass is 9.65. The molecule has 3 aliphatic rings. The van der Waals surface area contributed by atoms with Crippen LogP contribution in [-0.4, -0.2) is 48.3 Å². The molecule has 120 valence electrons. The topological polar surface area (TPSA) is 54.5 Å². The molecule has 0 radical (unpaired) electrons. The number of allylic oxidation sites excluding steroid dienone is 1. The molecule has 2 saturated heterocycles. The van der Waals surface area contributed by atoms with Crippen molar-refractivity contribution in [2.75, 3.05) is 13.7 Å². The van der Waals surface area contributed by atoms with E-state index in [9.17, 15) is 5.11 Å². The Kier molecular flexibility index (Phi) is 3.72. The molecule has 2 aliphatic heterocycles. The van der Waals surface area contributed by atoms with E-state index in [0.717, 1.165) is 19.4 Å². The molecule has 7 atom stereocenters. The molecule has 1 spiro atoms. The van der Waals surface area contributed by atoms with Gasteiger partial charge in [-0.05, 0) is 39.5 Å². The minimum Gasteiger partial charge on any atom is -0.390 e. The molecule has 0 aromatic rings. The van der Waals surface area contributed by atoms with Crippen LogP contribution in [-0.2, 0) is 14.2 Å². The van der Waals surface area contributed by atoms with Gasteiger partial charge in [-0.3, -0.25) is 0 Å². The second-order valence-corrected chi connectivity index (χ2v) is 7.51. The van der Waals surface area contributed by atoms with Gasteiger partial charge in [-0.1, -0.05) is 18.6 Å². The zero-order chi connectivity index (χ0) is 15.4. The summed E-state index contributed by atoms with van der Waals surface area (Å²) in [6, 6.07) is 0. The summed E-state index contributed by atoms with van der Waals surface area (Å²) in [6.45, 7) is 9.21. The summed E-state index contributed by atoms with van der Waals surface area (Å²) < 4.78 is 17.6. The molecule has 3 rings (SSSR count). The Morgan fingerprint density at radius 1 is 1.43 bits per heavy atom. The Morgan fingerprint density at radius 2 is 2.10 bits per heavy atom. The molecule has 2 heterocycles. The molecule has 4 nitrogen and oxygen atoms in total. The van der Waals surface area contributed by atoms with Crippen molar-refractivity contribution in [2.45, 2.75) is 70.1 Å². The molecule has 0 aromatic carbocycles. The zero-order valence-corrected chi connectivity index (χ0v) is 13.8. The van der Waals surface area contributed by atoms with Crippen LogP contribution in [0.3, 0.4) is 0 Å². The van der Waals surface area contributed by atoms with Gasteiger partial charge in [-0.15, -0.1) is 0 Å². The van der Waals surface area contributed by atoms with Gasteiger partial charge in [-0.2, -0.15) is 0 Å². The van der Waals surface area contributed by atoms with Gasteiger partial charge in [0, 0.05) is 7.11 Å². The second kappa shape index (κ2) is 5.05. The van der Waals surface area contributed by atoms with E-state index in [0.29, 0.717) is 0 Å². The van der Waals surface area contributed by atoms with Crippen molar-refractivity contribution in [3.8, 4) is 0 Å². The number of aliphatic hydroxyl groups is 1. The smallest absolute Gasteiger partial charge is 0.101 e. The van der Waals surface area contributed by atoms with E-state index in [1.807, 2.05) is 0 Å². The molecule has 1 unspecified atom stereocenters. The number of aliphatic hydroxyl groups excluding tert-OH is 1. The Bertz CT molecular complexity index is 438. The number of rotatable bonds is 4. The highest BCUT2D eigenvalue weighted by molar-refractivity contribution is 5.21. The van der Waals surface area contributed by atoms with Gasteiger partial charge in [0.15, 0.2) is 0 Å². The van der Waals surface area contributed by atoms with Crippen LogP contribution in [0, 0.1) is 11.8 Å². The van der Waals surface area contributed by atoms with Gasteiger partial charge in [-0.25, -0.2) is 0 Å². The van der Waals surface area contributed by atoms with Crippen LogP contribution in [0.4, 0.5) is 0 Å². The summed E-state index contributed by atoms with van der Waals surface area (Å²) in [5.74, 6) is 0.309. The summed E-state index contributed by atoms with van der Waals surface area (Å²) >= 11 is 0. The monoisotopic (exact) mass is 296 g/mol. The SMILES string of the molecule is CO[C@@H]1[C@H](O)[C@H](C)C[C@]2(CO2)[C@H]1C1(C)O[C@@H]1CC=C(C)C. The molecule has 1 N–H and O–H groups in total. The van der Waals surface area contributed by atoms with Crippen molar-refractivity contribution in [1.29, 1.82) is 0 Å². The van der Waals surface area contributed by atoms with Crippen molar-refractivity contribution in [1.82, 2.24) is 0 Å². The quantitative estimate of drug-likeness (QED) is 0.639. The van der Waals surface area contributed by atoms with E-state index in [2.05, 4.69) is 33.8 Å². The first-order chi connectivity index (χ1) is 9.84. The first-order valence-corrected chi connectivity index (χ1v) is 8.00. The average Bonchev–Trinajstić information content (AvgIpc) is 3.31. The van der Waals surface area contributed by atoms with Crippen LogP contribution in [0.5, 0.6) is 0 Å². The molecule has 21 heavy (non-hydrogen) atoms. The van der Waals surface area contributed by atoms with Crippen LogP contribution in [0.25, 0.3) is 0 Å². The first kappa shape index (κ1) is 15.5. The molecular formula is C17H28O4. The normalized spacial score (nSPS) is 51.8. The van der Waals surface area contributed by atoms with Gasteiger partial charge in [0.25, 0.3) is 0 Å². The van der Waals surface area contributed by atoms with Crippen molar-refractivity contribution >= 4 is 0 Å². The predicted molar refractivity (Wildman–Crippen MR) is 80.1 cm³/mol. The Labute approximate surface area is 127 Å². The molecule has 0 aromatic heterocycles. The molecule has 4 heteroatoms. The highest BCUT2D eigenvalue weighted by Gasteiger charge is 2.72. The fraction of sp³-hybridized carbons (Fsp3) is 0.882. The molecule has 3 fully saturated rings. The third kappa shape index (κ3) is 2.46. The number of epoxide rings is 2. The molecule has 1 aliphatic carbocycles. The van der Waals surface area contributed by atoms with Gasteiger partial charge in [0.2, 0.25) is 0 Å². The van der Waals surface area contributed by atoms with Crippen molar-refractivity contribution in [3.63, 3.8) is 0 Å². The highest BCUT2D eigenvalue weighted by Crippen LogP contribution is 2.60. The first-order valence-electron chi connectivity index (χ1n) is 8.00. The van der Waals surface area contributed by atoms with Crippen molar-refractivity contribution in [3.05, 3.63) is 11.6 Å². The van der Waals surface area contributed by atoms with Crippen LogP contribution in [0.2, 0.25) is 0 Å². The average molecular weight is 296 g/mol. The number of hydrogen-bond acceptors (Lipinski definition) is 4. The van der Waals surface area contributed by atoms with Crippen LogP contribution in [0.15, 0.2) is 11.6 Å². The fourth-order valence-corrected chi connectivity index (χ4v) is 4.30. The number of ether oxygens (including phenoxy) is 3. The van der Waals surface area contributed by atoms with E-state index in [1.54, 1.807) is 7.11 Å². The largest absolute Gasteiger partial charge is 0.390 e. The lowest BCUT2D eigenvalue weighted by Gasteiger charge is -2.44. The minimum absolute atomic E-state index is 0.108. The van der Waals surface area contributed by atoms with E-state index in [1.165, 1.54) is 5.57 Å². The van der Waals surface area contributed by atoms with E-state index in [4.69, 9.17) is 14.2 Å². The summed E-state index contributed by atoms with van der Waals surface area (Å²) in [5.41, 5.74) is 0.920. The van der Waals surface area contributed by atoms with E-state index >= 15 is 0 Å². The van der Waals surface area contributed by atoms with Crippen LogP contribution in [0.1, 0.15) is 40.5 Å². The molecule has 0 bridgehead atoms. The third-order valence-corrected chi connectivity index (χ3v) is 5.61. The van der Waals surface area contributed by atoms with E-state index < -0.39 is 6.10 Å². The molecular weight excluding hydrogens is 268 g/mol. The van der Waals surface area contributed by atoms with Gasteiger partial charge >= 0.3 is 0 Å². The maximum atomic E-state index is 10.5. The second-order valence-electron chi connectivity index (χ2n) is 7.51. The Hall–Kier alpha value is -0.420. The van der Waals surface area contributed by atoms with Gasteiger partial charge in [0.1, 0.15) is 11.2 Å². The van der Waals surface area contributed by atoms with Crippen LogP contribution < -0.4 is 0 Å². The summed E-state index contributed by atoms with van der Waals surface area (Å²) in [6.07, 6.45) is 3.59. The highest BCUT2D eigenvalue weighted by atomic mass is 16.6. The van der Waals surface area contributed by atoms with Crippen LogP contribution >= 0.6 is 0 Å². The lowest BCUT2D eigenvalue weighted by Crippen LogP contribution is -2.57.